The van der Waals surface area contributed by atoms with E-state index in [0.717, 1.165) is 0 Å². The first-order chi connectivity index (χ1) is 8.67. The van der Waals surface area contributed by atoms with Gasteiger partial charge < -0.3 is 13.9 Å². The lowest BCUT2D eigenvalue weighted by Crippen LogP contribution is -2.00. The molecule has 7 heteroatoms. The summed E-state index contributed by atoms with van der Waals surface area (Å²) < 4.78 is 28.1. The predicted molar refractivity (Wildman–Crippen MR) is 57.6 cm³/mol. The molecule has 0 radical (unpaired) electrons. The van der Waals surface area contributed by atoms with E-state index in [0.29, 0.717) is 0 Å². The quantitative estimate of drug-likeness (QED) is 0.773. The second kappa shape index (κ2) is 4.82. The van der Waals surface area contributed by atoms with Crippen LogP contribution in [0.4, 0.5) is 4.39 Å². The van der Waals surface area contributed by atoms with Gasteiger partial charge in [0.15, 0.2) is 0 Å². The van der Waals surface area contributed by atoms with Crippen LogP contribution in [0.25, 0.3) is 11.5 Å². The number of hydrogen-bond acceptors (Lipinski definition) is 6. The molecule has 2 rings (SSSR count). The zero-order valence-electron chi connectivity index (χ0n) is 9.64. The number of ether oxygens (including phenoxy) is 2. The highest BCUT2D eigenvalue weighted by Gasteiger charge is 2.21. The smallest absolute Gasteiger partial charge is 0.396 e. The highest BCUT2D eigenvalue weighted by Crippen LogP contribution is 2.31. The van der Waals surface area contributed by atoms with E-state index in [2.05, 4.69) is 14.9 Å². The first-order valence-corrected chi connectivity index (χ1v) is 4.92. The van der Waals surface area contributed by atoms with Gasteiger partial charge in [0.1, 0.15) is 17.1 Å². The summed E-state index contributed by atoms with van der Waals surface area (Å²) in [5.41, 5.74) is 0.00246. The SMILES string of the molecule is COC(=O)c1nnc(-c2c(F)cccc2OC)o1. The van der Waals surface area contributed by atoms with Gasteiger partial charge in [0, 0.05) is 0 Å². The van der Waals surface area contributed by atoms with Crippen LogP contribution >= 0.6 is 0 Å². The molecule has 0 fully saturated rings. The van der Waals surface area contributed by atoms with Gasteiger partial charge in [0.25, 0.3) is 5.89 Å². The molecule has 6 nitrogen and oxygen atoms in total. The maximum atomic E-state index is 13.7. The van der Waals surface area contributed by atoms with Gasteiger partial charge in [-0.05, 0) is 12.1 Å². The van der Waals surface area contributed by atoms with Crippen LogP contribution in [-0.4, -0.2) is 30.4 Å². The van der Waals surface area contributed by atoms with Crippen LogP contribution in [0.3, 0.4) is 0 Å². The van der Waals surface area contributed by atoms with Crippen LogP contribution in [0.15, 0.2) is 22.6 Å². The van der Waals surface area contributed by atoms with Crippen LogP contribution in [-0.2, 0) is 4.74 Å². The molecule has 0 bridgehead atoms. The molecular formula is C11H9FN2O4. The molecule has 2 aromatic rings. The van der Waals surface area contributed by atoms with E-state index in [4.69, 9.17) is 9.15 Å². The van der Waals surface area contributed by atoms with Gasteiger partial charge in [-0.1, -0.05) is 6.07 Å². The lowest BCUT2D eigenvalue weighted by molar-refractivity contribution is 0.0556. The first kappa shape index (κ1) is 12.0. The summed E-state index contributed by atoms with van der Waals surface area (Å²) in [4.78, 5) is 11.2. The second-order valence-electron chi connectivity index (χ2n) is 3.22. The molecule has 1 aromatic carbocycles. The summed E-state index contributed by atoms with van der Waals surface area (Å²) in [7, 11) is 2.56. The van der Waals surface area contributed by atoms with Gasteiger partial charge in [-0.2, -0.15) is 0 Å². The minimum absolute atomic E-state index is 0.00246. The number of benzene rings is 1. The summed E-state index contributed by atoms with van der Waals surface area (Å²) in [6, 6.07) is 4.25. The minimum atomic E-state index is -0.788. The number of nitrogens with zero attached hydrogens (tertiary/aromatic N) is 2. The normalized spacial score (nSPS) is 10.2. The Morgan fingerprint density at radius 2 is 2.11 bits per heavy atom. The number of aromatic nitrogens is 2. The molecule has 0 amide bonds. The van der Waals surface area contributed by atoms with Crippen LogP contribution in [0.5, 0.6) is 5.75 Å². The minimum Gasteiger partial charge on any atom is -0.496 e. The number of carbonyl (C=O) groups excluding carboxylic acids is 1. The van der Waals surface area contributed by atoms with Gasteiger partial charge in [-0.3, -0.25) is 0 Å². The zero-order chi connectivity index (χ0) is 13.1. The third kappa shape index (κ3) is 2.02. The Labute approximate surface area is 101 Å². The standard InChI is InChI=1S/C11H9FN2O4/c1-16-7-5-3-4-6(12)8(7)9-13-14-10(18-9)11(15)17-2/h3-5H,1-2H3. The van der Waals surface area contributed by atoms with Crippen molar-refractivity contribution in [1.82, 2.24) is 10.2 Å². The van der Waals surface area contributed by atoms with Gasteiger partial charge in [0.05, 0.1) is 14.2 Å². The molecule has 0 spiro atoms. The fourth-order valence-electron chi connectivity index (χ4n) is 1.38. The molecule has 1 heterocycles. The Hall–Kier alpha value is -2.44. The third-order valence-corrected chi connectivity index (χ3v) is 2.19. The van der Waals surface area contributed by atoms with Crippen molar-refractivity contribution in [3.63, 3.8) is 0 Å². The maximum absolute atomic E-state index is 13.7. The first-order valence-electron chi connectivity index (χ1n) is 4.92. The van der Waals surface area contributed by atoms with Crippen LogP contribution in [0.2, 0.25) is 0 Å². The van der Waals surface area contributed by atoms with Gasteiger partial charge in [-0.25, -0.2) is 9.18 Å². The summed E-state index contributed by atoms with van der Waals surface area (Å²) in [6.07, 6.45) is 0. The molecule has 0 saturated heterocycles. The van der Waals surface area contributed by atoms with Crippen molar-refractivity contribution in [2.45, 2.75) is 0 Å². The fraction of sp³-hybridized carbons (Fsp3) is 0.182. The van der Waals surface area contributed by atoms with E-state index in [1.165, 1.54) is 26.4 Å². The summed E-state index contributed by atoms with van der Waals surface area (Å²) in [5.74, 6) is -1.64. The van der Waals surface area contributed by atoms with Crippen molar-refractivity contribution in [2.24, 2.45) is 0 Å². The van der Waals surface area contributed by atoms with E-state index in [1.54, 1.807) is 6.07 Å². The van der Waals surface area contributed by atoms with E-state index in [9.17, 15) is 9.18 Å². The number of methoxy groups -OCH3 is 2. The largest absolute Gasteiger partial charge is 0.496 e. The van der Waals surface area contributed by atoms with Crippen molar-refractivity contribution in [1.29, 1.82) is 0 Å². The van der Waals surface area contributed by atoms with Gasteiger partial charge >= 0.3 is 11.9 Å². The summed E-state index contributed by atoms with van der Waals surface area (Å²) in [6.45, 7) is 0. The molecule has 94 valence electrons. The molecule has 0 aliphatic rings. The lowest BCUT2D eigenvalue weighted by Gasteiger charge is -2.04. The van der Waals surface area contributed by atoms with Crippen molar-refractivity contribution >= 4 is 5.97 Å². The molecule has 0 atom stereocenters. The molecule has 1 aromatic heterocycles. The average Bonchev–Trinajstić information content (AvgIpc) is 2.86. The number of rotatable bonds is 3. The maximum Gasteiger partial charge on any atom is 0.396 e. The van der Waals surface area contributed by atoms with E-state index < -0.39 is 11.8 Å². The molecule has 18 heavy (non-hydrogen) atoms. The van der Waals surface area contributed by atoms with E-state index >= 15 is 0 Å². The summed E-state index contributed by atoms with van der Waals surface area (Å²) in [5, 5.41) is 7.05. The Morgan fingerprint density at radius 3 is 2.78 bits per heavy atom. The lowest BCUT2D eigenvalue weighted by atomic mass is 10.2. The monoisotopic (exact) mass is 252 g/mol. The summed E-state index contributed by atoms with van der Waals surface area (Å²) >= 11 is 0. The Bertz CT molecular complexity index is 582. The van der Waals surface area contributed by atoms with Gasteiger partial charge in [0.2, 0.25) is 0 Å². The molecule has 0 saturated carbocycles. The van der Waals surface area contributed by atoms with E-state index in [-0.39, 0.29) is 23.1 Å². The second-order valence-corrected chi connectivity index (χ2v) is 3.22. The van der Waals surface area contributed by atoms with Crippen molar-refractivity contribution in [3.8, 4) is 17.2 Å². The number of carbonyl (C=O) groups is 1. The Balaban J connectivity index is 2.49. The van der Waals surface area contributed by atoms with Gasteiger partial charge in [-0.15, -0.1) is 10.2 Å². The molecular weight excluding hydrogens is 243 g/mol. The van der Waals surface area contributed by atoms with Crippen molar-refractivity contribution < 1.29 is 23.1 Å². The van der Waals surface area contributed by atoms with Crippen molar-refractivity contribution in [2.75, 3.05) is 14.2 Å². The Kier molecular flexibility index (Phi) is 3.22. The number of hydrogen-bond donors (Lipinski definition) is 0. The highest BCUT2D eigenvalue weighted by molar-refractivity contribution is 5.84. The predicted octanol–water partition coefficient (Wildman–Crippen LogP) is 1.67. The number of halogens is 1. The topological polar surface area (TPSA) is 74.5 Å². The molecule has 0 aliphatic heterocycles. The highest BCUT2D eigenvalue weighted by atomic mass is 19.1. The van der Waals surface area contributed by atoms with Crippen LogP contribution in [0, 0.1) is 5.82 Å². The average molecular weight is 252 g/mol. The van der Waals surface area contributed by atoms with Crippen LogP contribution in [0.1, 0.15) is 10.7 Å². The van der Waals surface area contributed by atoms with Crippen molar-refractivity contribution in [3.05, 3.63) is 29.9 Å². The van der Waals surface area contributed by atoms with Crippen LogP contribution < -0.4 is 4.74 Å². The fourth-order valence-corrected chi connectivity index (χ4v) is 1.38. The van der Waals surface area contributed by atoms with E-state index in [1.807, 2.05) is 0 Å². The number of esters is 1. The zero-order valence-corrected chi connectivity index (χ0v) is 9.64. The third-order valence-electron chi connectivity index (χ3n) is 2.19. The molecule has 0 N–H and O–H groups in total. The molecule has 0 unspecified atom stereocenters. The Morgan fingerprint density at radius 1 is 1.33 bits per heavy atom. The molecule has 0 aliphatic carbocycles.